The molecule has 4 rings (SSSR count). The maximum atomic E-state index is 10.7. The van der Waals surface area contributed by atoms with Gasteiger partial charge in [0.05, 0.1) is 16.3 Å². The number of hydrogen-bond donors (Lipinski definition) is 0. The van der Waals surface area contributed by atoms with Gasteiger partial charge in [-0.15, -0.1) is 33.1 Å². The van der Waals surface area contributed by atoms with Crippen LogP contribution >= 0.6 is 34.5 Å². The van der Waals surface area contributed by atoms with Gasteiger partial charge in [-0.05, 0) is 24.6 Å². The van der Waals surface area contributed by atoms with Gasteiger partial charge in [-0.3, -0.25) is 9.36 Å². The molecule has 0 spiro atoms. The molecule has 0 aliphatic heterocycles. The number of fused-ring (bicyclic) bond motifs is 1. The summed E-state index contributed by atoms with van der Waals surface area (Å²) in [6.07, 6.45) is 2.76. The molecular weight excluding hydrogens is 353 g/mol. The summed E-state index contributed by atoms with van der Waals surface area (Å²) >= 11 is 13.1. The van der Waals surface area contributed by atoms with Crippen molar-refractivity contribution in [2.45, 2.75) is 19.2 Å². The molecule has 0 N–H and O–H groups in total. The SMILES string of the molecule is CCc1ccc(-n2cnnc2CCl)s1.O=c1c2cccc(Cl)c12. The van der Waals surface area contributed by atoms with Gasteiger partial charge in [-0.25, -0.2) is 0 Å². The van der Waals surface area contributed by atoms with E-state index in [4.69, 9.17) is 23.2 Å². The Kier molecular flexibility index (Phi) is 4.80. The Balaban J connectivity index is 0.000000149. The van der Waals surface area contributed by atoms with Crippen LogP contribution in [-0.2, 0) is 12.3 Å². The normalized spacial score (nSPS) is 10.9. The summed E-state index contributed by atoms with van der Waals surface area (Å²) in [7, 11) is 0. The quantitative estimate of drug-likeness (QED) is 0.506. The van der Waals surface area contributed by atoms with Crippen LogP contribution in [0, 0.1) is 0 Å². The number of rotatable bonds is 3. The zero-order valence-electron chi connectivity index (χ0n) is 12.3. The Morgan fingerprint density at radius 3 is 2.70 bits per heavy atom. The third-order valence-corrected chi connectivity index (χ3v) is 5.18. The van der Waals surface area contributed by atoms with Crippen LogP contribution in [0.2, 0.25) is 5.02 Å². The van der Waals surface area contributed by atoms with E-state index in [1.54, 1.807) is 35.9 Å². The van der Waals surface area contributed by atoms with Crippen LogP contribution in [0.3, 0.4) is 0 Å². The number of aromatic nitrogens is 3. The molecule has 2 aromatic heterocycles. The first kappa shape index (κ1) is 16.2. The lowest BCUT2D eigenvalue weighted by Gasteiger charge is -1.98. The van der Waals surface area contributed by atoms with Crippen molar-refractivity contribution in [3.8, 4) is 5.00 Å². The fourth-order valence-electron chi connectivity index (χ4n) is 2.11. The summed E-state index contributed by atoms with van der Waals surface area (Å²) in [6, 6.07) is 9.49. The third-order valence-electron chi connectivity index (χ3n) is 3.39. The largest absolute Gasteiger partial charge is 0.289 e. The molecule has 0 saturated heterocycles. The topological polar surface area (TPSA) is 47.8 Å². The summed E-state index contributed by atoms with van der Waals surface area (Å²) in [5.74, 6) is 1.18. The van der Waals surface area contributed by atoms with Gasteiger partial charge in [-0.1, -0.05) is 30.7 Å². The Bertz CT molecular complexity index is 950. The molecular formula is C16H13Cl2N3OS. The molecule has 0 amide bonds. The van der Waals surface area contributed by atoms with E-state index in [0.29, 0.717) is 16.3 Å². The number of alkyl halides is 1. The van der Waals surface area contributed by atoms with E-state index >= 15 is 0 Å². The highest BCUT2D eigenvalue weighted by molar-refractivity contribution is 7.14. The lowest BCUT2D eigenvalue weighted by Crippen LogP contribution is -1.94. The molecule has 0 aliphatic carbocycles. The first-order chi connectivity index (χ1) is 11.2. The highest BCUT2D eigenvalue weighted by Crippen LogP contribution is 2.23. The molecule has 0 aliphatic rings. The van der Waals surface area contributed by atoms with Crippen LogP contribution < -0.4 is 5.43 Å². The highest BCUT2D eigenvalue weighted by Gasteiger charge is 2.13. The molecule has 0 atom stereocenters. The van der Waals surface area contributed by atoms with E-state index in [-0.39, 0.29) is 5.43 Å². The molecule has 4 aromatic rings. The first-order valence-corrected chi connectivity index (χ1v) is 8.75. The van der Waals surface area contributed by atoms with Crippen molar-refractivity contribution in [3.05, 3.63) is 62.6 Å². The van der Waals surface area contributed by atoms with Crippen molar-refractivity contribution in [1.29, 1.82) is 0 Å². The molecule has 0 unspecified atom stereocenters. The molecule has 0 radical (unpaired) electrons. The minimum Gasteiger partial charge on any atom is -0.289 e. The highest BCUT2D eigenvalue weighted by atomic mass is 35.5. The van der Waals surface area contributed by atoms with Gasteiger partial charge in [0.15, 0.2) is 11.3 Å². The van der Waals surface area contributed by atoms with E-state index in [1.807, 2.05) is 4.57 Å². The monoisotopic (exact) mass is 365 g/mol. The molecule has 7 heteroatoms. The van der Waals surface area contributed by atoms with Gasteiger partial charge in [0.1, 0.15) is 11.3 Å². The van der Waals surface area contributed by atoms with Gasteiger partial charge in [0.2, 0.25) is 0 Å². The van der Waals surface area contributed by atoms with E-state index < -0.39 is 0 Å². The summed E-state index contributed by atoms with van der Waals surface area (Å²) in [5.41, 5.74) is 0.102. The molecule has 4 nitrogen and oxygen atoms in total. The van der Waals surface area contributed by atoms with E-state index in [0.717, 1.165) is 22.6 Å². The number of aryl methyl sites for hydroxylation is 1. The van der Waals surface area contributed by atoms with Crippen molar-refractivity contribution in [2.24, 2.45) is 0 Å². The lowest BCUT2D eigenvalue weighted by atomic mass is 10.4. The number of thiophene rings is 1. The standard InChI is InChI=1S/C9H10ClN3S.C7H3ClO/c1-2-7-3-4-9(14-7)13-6-11-12-8(13)5-10;8-5-3-1-2-4-6(5)7(4)9/h3-4,6H,2,5H2,1H3;1-3H. The van der Waals surface area contributed by atoms with Crippen molar-refractivity contribution in [1.82, 2.24) is 14.8 Å². The van der Waals surface area contributed by atoms with Gasteiger partial charge in [0.25, 0.3) is 0 Å². The first-order valence-electron chi connectivity index (χ1n) is 7.02. The van der Waals surface area contributed by atoms with Gasteiger partial charge < -0.3 is 0 Å². The van der Waals surface area contributed by atoms with Crippen LogP contribution in [0.15, 0.2) is 41.5 Å². The molecule has 0 bridgehead atoms. The van der Waals surface area contributed by atoms with Crippen LogP contribution in [0.4, 0.5) is 0 Å². The maximum absolute atomic E-state index is 10.7. The minimum atomic E-state index is 0.102. The van der Waals surface area contributed by atoms with Crippen LogP contribution in [-0.4, -0.2) is 14.8 Å². The Morgan fingerprint density at radius 2 is 2.09 bits per heavy atom. The second-order valence-corrected chi connectivity index (χ2v) is 6.66. The number of nitrogens with zero attached hydrogens (tertiary/aromatic N) is 3. The van der Waals surface area contributed by atoms with Crippen molar-refractivity contribution in [3.63, 3.8) is 0 Å². The average molecular weight is 366 g/mol. The maximum Gasteiger partial charge on any atom is 0.196 e. The molecule has 0 saturated carbocycles. The van der Waals surface area contributed by atoms with Crippen molar-refractivity contribution in [2.75, 3.05) is 0 Å². The van der Waals surface area contributed by atoms with Crippen LogP contribution in [0.5, 0.6) is 0 Å². The van der Waals surface area contributed by atoms with Crippen molar-refractivity contribution < 1.29 is 0 Å². The number of hydrogen-bond acceptors (Lipinski definition) is 4. The summed E-state index contributed by atoms with van der Waals surface area (Å²) < 4.78 is 1.93. The number of halogens is 2. The second-order valence-electron chi connectivity index (χ2n) is 4.84. The lowest BCUT2D eigenvalue weighted by molar-refractivity contribution is 0.964. The fraction of sp³-hybridized carbons (Fsp3) is 0.188. The molecule has 118 valence electrons. The number of benzene rings is 1. The van der Waals surface area contributed by atoms with Crippen LogP contribution in [0.1, 0.15) is 17.6 Å². The predicted octanol–water partition coefficient (Wildman–Crippen LogP) is 4.36. The Morgan fingerprint density at radius 1 is 1.26 bits per heavy atom. The van der Waals surface area contributed by atoms with E-state index in [9.17, 15) is 4.79 Å². The Labute approximate surface area is 147 Å². The fourth-order valence-corrected chi connectivity index (χ4v) is 3.49. The average Bonchev–Trinajstić information content (AvgIpc) is 2.99. The minimum absolute atomic E-state index is 0.102. The summed E-state index contributed by atoms with van der Waals surface area (Å²) in [6.45, 7) is 2.14. The molecule has 2 aromatic carbocycles. The zero-order valence-corrected chi connectivity index (χ0v) is 14.6. The summed E-state index contributed by atoms with van der Waals surface area (Å²) in [4.78, 5) is 12.0. The molecule has 23 heavy (non-hydrogen) atoms. The van der Waals surface area contributed by atoms with Crippen molar-refractivity contribution >= 4 is 45.3 Å². The third kappa shape index (κ3) is 3.32. The summed E-state index contributed by atoms with van der Waals surface area (Å²) in [5, 5.41) is 11.0. The van der Waals surface area contributed by atoms with E-state index in [2.05, 4.69) is 29.3 Å². The van der Waals surface area contributed by atoms with E-state index in [1.165, 1.54) is 4.88 Å². The second kappa shape index (κ2) is 6.83. The van der Waals surface area contributed by atoms with Gasteiger partial charge in [-0.2, -0.15) is 0 Å². The van der Waals surface area contributed by atoms with Crippen LogP contribution in [0.25, 0.3) is 15.8 Å². The zero-order chi connectivity index (χ0) is 16.4. The predicted molar refractivity (Wildman–Crippen MR) is 95.8 cm³/mol. The Hall–Kier alpha value is -1.69. The van der Waals surface area contributed by atoms with Gasteiger partial charge >= 0.3 is 0 Å². The van der Waals surface area contributed by atoms with Gasteiger partial charge in [0, 0.05) is 10.3 Å². The molecule has 0 fully saturated rings. The molecule has 2 heterocycles. The smallest absolute Gasteiger partial charge is 0.196 e.